The summed E-state index contributed by atoms with van der Waals surface area (Å²) < 4.78 is 22.8. The number of halogens is 1. The van der Waals surface area contributed by atoms with Gasteiger partial charge in [-0.25, -0.2) is 4.79 Å². The highest BCUT2D eigenvalue weighted by Crippen LogP contribution is 2.36. The fourth-order valence-electron chi connectivity index (χ4n) is 3.68. The average Bonchev–Trinajstić information content (AvgIpc) is 3.12. The largest absolute Gasteiger partial charge is 0.497 e. The van der Waals surface area contributed by atoms with Gasteiger partial charge in [-0.3, -0.25) is 19.0 Å². The van der Waals surface area contributed by atoms with Crippen molar-refractivity contribution in [2.45, 2.75) is 56.9 Å². The maximum atomic E-state index is 13.1. The number of esters is 2. The Morgan fingerprint density at radius 3 is 2.39 bits per heavy atom. The first-order valence-corrected chi connectivity index (χ1v) is 12.1. The smallest absolute Gasteiger partial charge is 0.351 e. The number of carbonyl (C=O) groups is 3. The molecular formula is C24H28BrN3O8. The Morgan fingerprint density at radius 1 is 1.17 bits per heavy atom. The van der Waals surface area contributed by atoms with E-state index in [1.165, 1.54) is 31.7 Å². The Hall–Kier alpha value is -3.25. The zero-order valence-corrected chi connectivity index (χ0v) is 22.1. The molecule has 1 aromatic carbocycles. The Bertz CT molecular complexity index is 1180. The molecule has 1 fully saturated rings. The predicted octanol–water partition coefficient (Wildman–Crippen LogP) is 2.78. The Kier molecular flexibility index (Phi) is 8.85. The zero-order chi connectivity index (χ0) is 26.6. The first kappa shape index (κ1) is 27.3. The minimum Gasteiger partial charge on any atom is -0.497 e. The normalized spacial score (nSPS) is 21.2. The van der Waals surface area contributed by atoms with Gasteiger partial charge in [0.15, 0.2) is 12.3 Å². The molecular weight excluding hydrogens is 538 g/mol. The lowest BCUT2D eigenvalue weighted by Gasteiger charge is -2.23. The van der Waals surface area contributed by atoms with Crippen molar-refractivity contribution in [2.24, 2.45) is 0 Å². The summed E-state index contributed by atoms with van der Waals surface area (Å²) in [7, 11) is 1.53. The van der Waals surface area contributed by atoms with Crippen LogP contribution < -0.4 is 15.7 Å². The molecule has 1 aliphatic rings. The number of carbonyl (C=O) groups excluding carboxylic acids is 3. The monoisotopic (exact) mass is 565 g/mol. The number of amides is 1. The Balaban J connectivity index is 1.94. The van der Waals surface area contributed by atoms with Crippen molar-refractivity contribution >= 4 is 39.6 Å². The fraction of sp³-hybridized carbons (Fsp3) is 0.458. The summed E-state index contributed by atoms with van der Waals surface area (Å²) in [6, 6.07) is 6.50. The highest BCUT2D eigenvalue weighted by molar-refractivity contribution is 9.09. The van der Waals surface area contributed by atoms with Crippen LogP contribution in [0.25, 0.3) is 0 Å². The van der Waals surface area contributed by atoms with E-state index in [4.69, 9.17) is 18.9 Å². The minimum atomic E-state index is -1.04. The third-order valence-corrected chi connectivity index (χ3v) is 6.59. The Labute approximate surface area is 216 Å². The maximum absolute atomic E-state index is 13.1. The topological polar surface area (TPSA) is 135 Å². The number of hydrogen-bond acceptors (Lipinski definition) is 9. The third-order valence-electron chi connectivity index (χ3n) is 5.48. The van der Waals surface area contributed by atoms with E-state index in [1.807, 2.05) is 13.8 Å². The van der Waals surface area contributed by atoms with Crippen LogP contribution in [-0.2, 0) is 23.8 Å². The van der Waals surface area contributed by atoms with Gasteiger partial charge in [0.2, 0.25) is 0 Å². The van der Waals surface area contributed by atoms with E-state index in [0.29, 0.717) is 16.9 Å². The van der Waals surface area contributed by atoms with E-state index in [2.05, 4.69) is 26.2 Å². The van der Waals surface area contributed by atoms with Crippen molar-refractivity contribution in [3.05, 3.63) is 52.1 Å². The molecule has 1 saturated heterocycles. The molecule has 0 aliphatic carbocycles. The molecule has 194 valence electrons. The molecule has 1 N–H and O–H groups in total. The van der Waals surface area contributed by atoms with Crippen LogP contribution in [0.4, 0.5) is 5.82 Å². The quantitative estimate of drug-likeness (QED) is 0.378. The van der Waals surface area contributed by atoms with Gasteiger partial charge in [-0.2, -0.15) is 4.98 Å². The first-order chi connectivity index (χ1) is 17.0. The lowest BCUT2D eigenvalue weighted by Crippen LogP contribution is -2.37. The number of hydrogen-bond donors (Lipinski definition) is 1. The number of anilines is 1. The fourth-order valence-corrected chi connectivity index (χ4v) is 4.33. The highest BCUT2D eigenvalue weighted by Gasteiger charge is 2.47. The average molecular weight is 566 g/mol. The number of nitrogens with zero attached hydrogens (tertiary/aromatic N) is 2. The van der Waals surface area contributed by atoms with Gasteiger partial charge < -0.3 is 24.3 Å². The molecule has 1 amide bonds. The van der Waals surface area contributed by atoms with E-state index in [9.17, 15) is 19.2 Å². The van der Waals surface area contributed by atoms with Crippen molar-refractivity contribution in [1.29, 1.82) is 0 Å². The van der Waals surface area contributed by atoms with Gasteiger partial charge in [-0.05, 0) is 30.2 Å². The van der Waals surface area contributed by atoms with Gasteiger partial charge in [0, 0.05) is 31.2 Å². The lowest BCUT2D eigenvalue weighted by atomic mass is 10.1. The Morgan fingerprint density at radius 2 is 1.83 bits per heavy atom. The molecule has 12 heteroatoms. The zero-order valence-electron chi connectivity index (χ0n) is 20.5. The highest BCUT2D eigenvalue weighted by atomic mass is 79.9. The van der Waals surface area contributed by atoms with Crippen LogP contribution in [0.1, 0.15) is 55.8 Å². The van der Waals surface area contributed by atoms with Gasteiger partial charge in [0.1, 0.15) is 24.3 Å². The molecule has 11 nitrogen and oxygen atoms in total. The summed E-state index contributed by atoms with van der Waals surface area (Å²) in [6.07, 6.45) is -1.10. The standard InChI is InChI=1S/C24H28BrN3O8/c1-12(2)17-10-28(23-20(35-14(4)30)19(25)18(36-23)11-34-13(3)29)24(32)27-21(17)26-22(31)15-6-8-16(33-5)9-7-15/h6-10,12,18-20,23H,11H2,1-5H3,(H,26,27,31,32)/t18-,19+,20-,23-/m1/s1. The molecule has 3 rings (SSSR count). The van der Waals surface area contributed by atoms with E-state index in [-0.39, 0.29) is 18.3 Å². The molecule has 4 atom stereocenters. The van der Waals surface area contributed by atoms with Crippen LogP contribution in [0, 0.1) is 0 Å². The molecule has 0 radical (unpaired) electrons. The number of alkyl halides is 1. The van der Waals surface area contributed by atoms with Gasteiger partial charge in [-0.15, -0.1) is 0 Å². The van der Waals surface area contributed by atoms with Crippen molar-refractivity contribution in [3.8, 4) is 5.75 Å². The summed E-state index contributed by atoms with van der Waals surface area (Å²) in [5.74, 6) is -0.933. The van der Waals surface area contributed by atoms with Crippen LogP contribution >= 0.6 is 15.9 Å². The minimum absolute atomic E-state index is 0.102. The SMILES string of the molecule is COc1ccc(C(=O)Nc2nc(=O)n([C@@H]3O[C@H](COC(C)=O)[C@H](Br)[C@H]3OC(C)=O)cc2C(C)C)cc1. The molecule has 2 aromatic rings. The summed E-state index contributed by atoms with van der Waals surface area (Å²) in [6.45, 7) is 6.17. The summed E-state index contributed by atoms with van der Waals surface area (Å²) >= 11 is 3.45. The number of aromatic nitrogens is 2. The molecule has 0 saturated carbocycles. The maximum Gasteiger partial charge on any atom is 0.351 e. The first-order valence-electron chi connectivity index (χ1n) is 11.2. The van der Waals surface area contributed by atoms with Crippen molar-refractivity contribution in [3.63, 3.8) is 0 Å². The molecule has 0 bridgehead atoms. The van der Waals surface area contributed by atoms with Crippen molar-refractivity contribution < 1.29 is 33.3 Å². The number of benzene rings is 1. The number of ether oxygens (including phenoxy) is 4. The van der Waals surface area contributed by atoms with Crippen LogP contribution in [-0.4, -0.2) is 58.1 Å². The summed E-state index contributed by atoms with van der Waals surface area (Å²) in [5, 5.41) is 2.70. The number of nitrogens with one attached hydrogen (secondary N) is 1. The second kappa shape index (κ2) is 11.7. The second-order valence-electron chi connectivity index (χ2n) is 8.46. The molecule has 0 unspecified atom stereocenters. The van der Waals surface area contributed by atoms with Gasteiger partial charge in [-0.1, -0.05) is 29.8 Å². The van der Waals surface area contributed by atoms with Crippen LogP contribution in [0.5, 0.6) is 5.75 Å². The van der Waals surface area contributed by atoms with Crippen molar-refractivity contribution in [2.75, 3.05) is 19.0 Å². The number of rotatable bonds is 8. The molecule has 1 aromatic heterocycles. The van der Waals surface area contributed by atoms with Crippen LogP contribution in [0.2, 0.25) is 0 Å². The molecule has 1 aliphatic heterocycles. The number of methoxy groups -OCH3 is 1. The van der Waals surface area contributed by atoms with Crippen LogP contribution in [0.3, 0.4) is 0 Å². The molecule has 2 heterocycles. The lowest BCUT2D eigenvalue weighted by molar-refractivity contribution is -0.153. The summed E-state index contributed by atoms with van der Waals surface area (Å²) in [5.41, 5.74) is 0.205. The molecule has 36 heavy (non-hydrogen) atoms. The van der Waals surface area contributed by atoms with Crippen LogP contribution in [0.15, 0.2) is 35.3 Å². The van der Waals surface area contributed by atoms with Gasteiger partial charge >= 0.3 is 17.6 Å². The predicted molar refractivity (Wildman–Crippen MR) is 132 cm³/mol. The van der Waals surface area contributed by atoms with E-state index in [1.54, 1.807) is 24.3 Å². The van der Waals surface area contributed by atoms with Gasteiger partial charge in [0.25, 0.3) is 5.91 Å². The molecule has 0 spiro atoms. The van der Waals surface area contributed by atoms with Crippen molar-refractivity contribution in [1.82, 2.24) is 9.55 Å². The van der Waals surface area contributed by atoms with E-state index >= 15 is 0 Å². The third kappa shape index (κ3) is 6.30. The van der Waals surface area contributed by atoms with E-state index < -0.39 is 46.8 Å². The van der Waals surface area contributed by atoms with E-state index in [0.717, 1.165) is 0 Å². The summed E-state index contributed by atoms with van der Waals surface area (Å²) in [4.78, 5) is 52.4. The van der Waals surface area contributed by atoms with Gasteiger partial charge in [0.05, 0.1) is 11.9 Å². The second-order valence-corrected chi connectivity index (χ2v) is 9.52.